The second-order valence-electron chi connectivity index (χ2n) is 4.78. The van der Waals surface area contributed by atoms with Crippen molar-refractivity contribution in [2.24, 2.45) is 5.92 Å². The highest BCUT2D eigenvalue weighted by Crippen LogP contribution is 2.18. The summed E-state index contributed by atoms with van der Waals surface area (Å²) in [6.07, 6.45) is 6.96. The van der Waals surface area contributed by atoms with E-state index in [1.807, 2.05) is 6.07 Å². The molecule has 1 aliphatic heterocycles. The molecule has 94 valence electrons. The van der Waals surface area contributed by atoms with E-state index in [4.69, 9.17) is 0 Å². The molecule has 3 rings (SSSR count). The van der Waals surface area contributed by atoms with E-state index in [-0.39, 0.29) is 0 Å². The van der Waals surface area contributed by atoms with E-state index < -0.39 is 0 Å². The van der Waals surface area contributed by atoms with Crippen LogP contribution in [-0.4, -0.2) is 33.3 Å². The van der Waals surface area contributed by atoms with Gasteiger partial charge < -0.3 is 5.32 Å². The fraction of sp³-hybridized carbons (Fsp3) is 0.462. The summed E-state index contributed by atoms with van der Waals surface area (Å²) in [5, 5.41) is 10.3. The Morgan fingerprint density at radius 3 is 3.11 bits per heavy atom. The maximum Gasteiger partial charge on any atom is 0.116 e. The molecule has 1 saturated heterocycles. The summed E-state index contributed by atoms with van der Waals surface area (Å²) in [4.78, 5) is 8.65. The average Bonchev–Trinajstić information content (AvgIpc) is 2.94. The summed E-state index contributed by atoms with van der Waals surface area (Å²) in [5.41, 5.74) is 2.98. The van der Waals surface area contributed by atoms with Gasteiger partial charge in [0.2, 0.25) is 0 Å². The molecule has 18 heavy (non-hydrogen) atoms. The molecule has 1 unspecified atom stereocenters. The van der Waals surface area contributed by atoms with Gasteiger partial charge in [-0.1, -0.05) is 0 Å². The lowest BCUT2D eigenvalue weighted by molar-refractivity contribution is 0.373. The summed E-state index contributed by atoms with van der Waals surface area (Å²) >= 11 is 0. The number of rotatable bonds is 3. The molecule has 2 aromatic rings. The Bertz CT molecular complexity index is 488. The molecule has 0 bridgehead atoms. The van der Waals surface area contributed by atoms with Gasteiger partial charge in [0.05, 0.1) is 11.4 Å². The molecule has 0 amide bonds. The molecule has 0 aliphatic carbocycles. The van der Waals surface area contributed by atoms with Crippen LogP contribution in [0.4, 0.5) is 0 Å². The van der Waals surface area contributed by atoms with Crippen LogP contribution in [0.2, 0.25) is 0 Å². The van der Waals surface area contributed by atoms with Crippen molar-refractivity contribution in [3.8, 4) is 11.4 Å². The quantitative estimate of drug-likeness (QED) is 0.855. The molecule has 1 aliphatic rings. The first-order chi connectivity index (χ1) is 8.92. The van der Waals surface area contributed by atoms with Crippen molar-refractivity contribution in [1.82, 2.24) is 25.5 Å². The van der Waals surface area contributed by atoms with E-state index in [1.54, 1.807) is 12.5 Å². The highest BCUT2D eigenvalue weighted by molar-refractivity contribution is 5.52. The van der Waals surface area contributed by atoms with Gasteiger partial charge in [-0.2, -0.15) is 5.10 Å². The Morgan fingerprint density at radius 1 is 1.33 bits per heavy atom. The molecule has 5 heteroatoms. The van der Waals surface area contributed by atoms with Gasteiger partial charge in [0, 0.05) is 11.9 Å². The highest BCUT2D eigenvalue weighted by Gasteiger charge is 2.14. The van der Waals surface area contributed by atoms with Gasteiger partial charge in [0.25, 0.3) is 0 Å². The van der Waals surface area contributed by atoms with Gasteiger partial charge >= 0.3 is 0 Å². The Balaban J connectivity index is 1.74. The van der Waals surface area contributed by atoms with Gasteiger partial charge in [0.1, 0.15) is 6.33 Å². The average molecular weight is 243 g/mol. The van der Waals surface area contributed by atoms with Crippen LogP contribution in [0.15, 0.2) is 24.7 Å². The lowest BCUT2D eigenvalue weighted by Gasteiger charge is -2.22. The standard InChI is InChI=1S/C13H17N5/c1-2-10(8-14-4-1)6-11-7-13(16-9-15-11)12-3-5-17-18-12/h3,5,7,9-10,14H,1-2,4,6,8H2,(H,17,18). The van der Waals surface area contributed by atoms with Crippen LogP contribution in [-0.2, 0) is 6.42 Å². The minimum atomic E-state index is 0.697. The Hall–Kier alpha value is -1.75. The number of H-pyrrole nitrogens is 1. The zero-order chi connectivity index (χ0) is 12.2. The topological polar surface area (TPSA) is 66.5 Å². The van der Waals surface area contributed by atoms with Crippen LogP contribution in [0.25, 0.3) is 11.4 Å². The minimum absolute atomic E-state index is 0.697. The SMILES string of the molecule is c1cc(-c2cc(CC3CCCNC3)ncn2)[nH]n1. The molecule has 2 aromatic heterocycles. The predicted octanol–water partition coefficient (Wildman–Crippen LogP) is 1.41. The third-order valence-corrected chi connectivity index (χ3v) is 3.40. The molecular formula is C13H17N5. The lowest BCUT2D eigenvalue weighted by Crippen LogP contribution is -2.31. The van der Waals surface area contributed by atoms with E-state index >= 15 is 0 Å². The van der Waals surface area contributed by atoms with Crippen molar-refractivity contribution in [3.63, 3.8) is 0 Å². The minimum Gasteiger partial charge on any atom is -0.316 e. The van der Waals surface area contributed by atoms with Crippen LogP contribution in [0.5, 0.6) is 0 Å². The molecule has 0 aromatic carbocycles. The summed E-state index contributed by atoms with van der Waals surface area (Å²) < 4.78 is 0. The van der Waals surface area contributed by atoms with Gasteiger partial charge in [-0.15, -0.1) is 0 Å². The van der Waals surface area contributed by atoms with Crippen molar-refractivity contribution in [2.75, 3.05) is 13.1 Å². The van der Waals surface area contributed by atoms with Gasteiger partial charge in [-0.05, 0) is 50.4 Å². The first-order valence-electron chi connectivity index (χ1n) is 6.43. The molecule has 5 nitrogen and oxygen atoms in total. The third kappa shape index (κ3) is 2.56. The number of hydrogen-bond acceptors (Lipinski definition) is 4. The smallest absolute Gasteiger partial charge is 0.116 e. The van der Waals surface area contributed by atoms with Crippen molar-refractivity contribution in [1.29, 1.82) is 0 Å². The predicted molar refractivity (Wildman–Crippen MR) is 68.9 cm³/mol. The molecular weight excluding hydrogens is 226 g/mol. The summed E-state index contributed by atoms with van der Waals surface area (Å²) in [6, 6.07) is 3.98. The monoisotopic (exact) mass is 243 g/mol. The van der Waals surface area contributed by atoms with E-state index in [0.29, 0.717) is 5.92 Å². The van der Waals surface area contributed by atoms with Crippen molar-refractivity contribution in [2.45, 2.75) is 19.3 Å². The number of piperidine rings is 1. The normalized spacial score (nSPS) is 19.9. The van der Waals surface area contributed by atoms with Crippen LogP contribution in [0.1, 0.15) is 18.5 Å². The first kappa shape index (κ1) is 11.3. The third-order valence-electron chi connectivity index (χ3n) is 3.40. The largest absolute Gasteiger partial charge is 0.316 e. The second kappa shape index (κ2) is 5.27. The van der Waals surface area contributed by atoms with Crippen LogP contribution >= 0.6 is 0 Å². The Kier molecular flexibility index (Phi) is 3.32. The zero-order valence-corrected chi connectivity index (χ0v) is 10.3. The maximum atomic E-state index is 4.37. The van der Waals surface area contributed by atoms with E-state index in [9.17, 15) is 0 Å². The molecule has 0 radical (unpaired) electrons. The van der Waals surface area contributed by atoms with Gasteiger partial charge in [0.15, 0.2) is 0 Å². The van der Waals surface area contributed by atoms with Crippen molar-refractivity contribution in [3.05, 3.63) is 30.4 Å². The molecule has 2 N–H and O–H groups in total. The molecule has 1 fully saturated rings. The highest BCUT2D eigenvalue weighted by atomic mass is 15.1. The van der Waals surface area contributed by atoms with E-state index in [2.05, 4.69) is 31.5 Å². The zero-order valence-electron chi connectivity index (χ0n) is 10.3. The molecule has 1 atom stereocenters. The first-order valence-corrected chi connectivity index (χ1v) is 6.43. The van der Waals surface area contributed by atoms with Gasteiger partial charge in [-0.3, -0.25) is 5.10 Å². The van der Waals surface area contributed by atoms with Gasteiger partial charge in [-0.25, -0.2) is 9.97 Å². The maximum absolute atomic E-state index is 4.37. The fourth-order valence-electron chi connectivity index (χ4n) is 2.45. The van der Waals surface area contributed by atoms with Crippen LogP contribution in [0, 0.1) is 5.92 Å². The number of aromatic nitrogens is 4. The van der Waals surface area contributed by atoms with Crippen molar-refractivity contribution >= 4 is 0 Å². The number of aromatic amines is 1. The Labute approximate surface area is 106 Å². The van der Waals surface area contributed by atoms with Crippen molar-refractivity contribution < 1.29 is 0 Å². The number of nitrogens with zero attached hydrogens (tertiary/aromatic N) is 3. The second-order valence-corrected chi connectivity index (χ2v) is 4.78. The number of hydrogen-bond donors (Lipinski definition) is 2. The van der Waals surface area contributed by atoms with E-state index in [0.717, 1.165) is 36.6 Å². The molecule has 0 spiro atoms. The fourth-order valence-corrected chi connectivity index (χ4v) is 2.45. The summed E-state index contributed by atoms with van der Waals surface area (Å²) in [7, 11) is 0. The molecule has 3 heterocycles. The Morgan fingerprint density at radius 2 is 2.33 bits per heavy atom. The van der Waals surface area contributed by atoms with E-state index in [1.165, 1.54) is 12.8 Å². The summed E-state index contributed by atoms with van der Waals surface area (Å²) in [6.45, 7) is 2.25. The van der Waals surface area contributed by atoms with Crippen LogP contribution in [0.3, 0.4) is 0 Å². The lowest BCUT2D eigenvalue weighted by atomic mass is 9.94. The number of nitrogens with one attached hydrogen (secondary N) is 2. The molecule has 0 saturated carbocycles. The summed E-state index contributed by atoms with van der Waals surface area (Å²) in [5.74, 6) is 0.697. The van der Waals surface area contributed by atoms with Crippen LogP contribution < -0.4 is 5.32 Å².